The summed E-state index contributed by atoms with van der Waals surface area (Å²) in [5, 5.41) is 18.9. The Hall–Kier alpha value is -3.72. The van der Waals surface area contributed by atoms with Gasteiger partial charge in [-0.05, 0) is 57.5 Å². The van der Waals surface area contributed by atoms with E-state index < -0.39 is 24.1 Å². The molecule has 0 bridgehead atoms. The molecule has 186 valence electrons. The summed E-state index contributed by atoms with van der Waals surface area (Å²) in [7, 11) is 1.51. The van der Waals surface area contributed by atoms with E-state index in [1.807, 2.05) is 17.6 Å². The lowest BCUT2D eigenvalue weighted by molar-refractivity contribution is 0.0784. The van der Waals surface area contributed by atoms with Crippen LogP contribution in [0.5, 0.6) is 0 Å². The number of hydrogen-bond donors (Lipinski definition) is 1. The Kier molecular flexibility index (Phi) is 4.97. The average Bonchev–Trinajstić information content (AvgIpc) is 3.39. The molecule has 0 saturated carbocycles. The minimum absolute atomic E-state index is 0.0233. The number of fused-ring (bicyclic) bond motifs is 3. The Morgan fingerprint density at radius 1 is 1.11 bits per heavy atom. The molecule has 0 amide bonds. The van der Waals surface area contributed by atoms with Gasteiger partial charge in [0.15, 0.2) is 0 Å². The van der Waals surface area contributed by atoms with Gasteiger partial charge in [0.25, 0.3) is 0 Å². The van der Waals surface area contributed by atoms with E-state index >= 15 is 4.39 Å². The van der Waals surface area contributed by atoms with E-state index in [2.05, 4.69) is 20.3 Å². The van der Waals surface area contributed by atoms with Crippen molar-refractivity contribution in [2.24, 2.45) is 7.05 Å². The molecule has 5 aromatic rings. The van der Waals surface area contributed by atoms with Crippen LogP contribution in [0.2, 0.25) is 0 Å². The van der Waals surface area contributed by atoms with Crippen LogP contribution in [0.3, 0.4) is 0 Å². The molecule has 1 atom stereocenters. The highest BCUT2D eigenvalue weighted by Crippen LogP contribution is 2.39. The molecule has 1 unspecified atom stereocenters. The molecule has 0 aliphatic heterocycles. The van der Waals surface area contributed by atoms with Crippen molar-refractivity contribution in [3.05, 3.63) is 71.3 Å². The zero-order valence-electron chi connectivity index (χ0n) is 23.4. The molecule has 36 heavy (non-hydrogen) atoms. The molecule has 7 nitrogen and oxygen atoms in total. The predicted octanol–water partition coefficient (Wildman–Crippen LogP) is 5.58. The Morgan fingerprint density at radius 2 is 1.92 bits per heavy atom. The summed E-state index contributed by atoms with van der Waals surface area (Å²) >= 11 is 0. The van der Waals surface area contributed by atoms with Gasteiger partial charge in [0.2, 0.25) is 0 Å². The monoisotopic (exact) mass is 493 g/mol. The van der Waals surface area contributed by atoms with Gasteiger partial charge in [-0.25, -0.2) is 13.5 Å². The number of benzene rings is 1. The standard InChI is InChI=1S/C27H28F2N6O/c1-6-7-22(21-9-8-17(28)14-30-21)35-23-12-18(26-15(2)32-33-34(26)5)20(29)11-19(23)25-24(35)10-16(13-31-25)27(3,4)36/h8-14,22,36H,6-7H2,1-5H3/i2D3. The zero-order chi connectivity index (χ0) is 28.3. The summed E-state index contributed by atoms with van der Waals surface area (Å²) in [6.07, 6.45) is 4.08. The van der Waals surface area contributed by atoms with E-state index in [-0.39, 0.29) is 23.0 Å². The maximum absolute atomic E-state index is 15.8. The van der Waals surface area contributed by atoms with Crippen LogP contribution >= 0.6 is 0 Å². The smallest absolute Gasteiger partial charge is 0.141 e. The molecule has 4 aromatic heterocycles. The molecular weight excluding hydrogens is 462 g/mol. The summed E-state index contributed by atoms with van der Waals surface area (Å²) in [6, 6.07) is 7.29. The van der Waals surface area contributed by atoms with Crippen LogP contribution in [0.25, 0.3) is 33.2 Å². The van der Waals surface area contributed by atoms with E-state index in [4.69, 9.17) is 4.11 Å². The fourth-order valence-electron chi connectivity index (χ4n) is 4.70. The van der Waals surface area contributed by atoms with E-state index in [9.17, 15) is 9.50 Å². The zero-order valence-corrected chi connectivity index (χ0v) is 20.4. The van der Waals surface area contributed by atoms with E-state index in [1.54, 1.807) is 32.2 Å². The molecule has 9 heteroatoms. The first kappa shape index (κ1) is 20.5. The number of aliphatic hydroxyl groups is 1. The van der Waals surface area contributed by atoms with Gasteiger partial charge in [0, 0.05) is 33.9 Å². The topological polar surface area (TPSA) is 81.6 Å². The first-order chi connectivity index (χ1) is 18.3. The van der Waals surface area contributed by atoms with Gasteiger partial charge in [-0.2, -0.15) is 0 Å². The second-order valence-electron chi connectivity index (χ2n) is 9.49. The summed E-state index contributed by atoms with van der Waals surface area (Å²) in [6.45, 7) is 2.71. The molecule has 0 radical (unpaired) electrons. The highest BCUT2D eigenvalue weighted by Gasteiger charge is 2.26. The van der Waals surface area contributed by atoms with Crippen LogP contribution in [-0.4, -0.2) is 34.6 Å². The molecule has 0 spiro atoms. The molecule has 4 heterocycles. The van der Waals surface area contributed by atoms with Gasteiger partial charge in [-0.15, -0.1) is 5.10 Å². The Balaban J connectivity index is 1.90. The fourth-order valence-corrected chi connectivity index (χ4v) is 4.70. The maximum atomic E-state index is 15.8. The van der Waals surface area contributed by atoms with Crippen molar-refractivity contribution in [3.8, 4) is 11.3 Å². The lowest BCUT2D eigenvalue weighted by atomic mass is 10.00. The number of halogens is 2. The Bertz CT molecular complexity index is 1690. The molecule has 0 aliphatic carbocycles. The maximum Gasteiger partial charge on any atom is 0.141 e. The first-order valence-corrected chi connectivity index (χ1v) is 11.7. The van der Waals surface area contributed by atoms with Crippen LogP contribution in [0.15, 0.2) is 42.7 Å². The molecule has 0 fully saturated rings. The van der Waals surface area contributed by atoms with Crippen molar-refractivity contribution >= 4 is 21.9 Å². The number of nitrogens with zero attached hydrogens (tertiary/aromatic N) is 6. The van der Waals surface area contributed by atoms with Crippen LogP contribution in [0, 0.1) is 18.5 Å². The third-order valence-electron chi connectivity index (χ3n) is 6.48. The van der Waals surface area contributed by atoms with E-state index in [0.29, 0.717) is 39.6 Å². The average molecular weight is 494 g/mol. The van der Waals surface area contributed by atoms with Crippen molar-refractivity contribution in [3.63, 3.8) is 0 Å². The van der Waals surface area contributed by atoms with Crippen molar-refractivity contribution in [1.82, 2.24) is 29.5 Å². The van der Waals surface area contributed by atoms with Crippen molar-refractivity contribution < 1.29 is 18.0 Å². The van der Waals surface area contributed by atoms with Gasteiger partial charge >= 0.3 is 0 Å². The highest BCUT2D eigenvalue weighted by atomic mass is 19.1. The SMILES string of the molecule is [2H]C([2H])([2H])c1nnn(C)c1-c1cc2c(cc1F)c1ncc(C(C)(C)O)cc1n2C(CCC)c1ccc(F)cn1. The predicted molar refractivity (Wildman–Crippen MR) is 134 cm³/mol. The molecular formula is C27H28F2N6O. The number of rotatable bonds is 6. The van der Waals surface area contributed by atoms with E-state index in [0.717, 1.165) is 12.6 Å². The second-order valence-corrected chi connectivity index (χ2v) is 9.49. The van der Waals surface area contributed by atoms with Crippen molar-refractivity contribution in [2.75, 3.05) is 0 Å². The van der Waals surface area contributed by atoms with Gasteiger partial charge in [-0.3, -0.25) is 9.97 Å². The van der Waals surface area contributed by atoms with Crippen LogP contribution in [0.1, 0.15) is 60.7 Å². The largest absolute Gasteiger partial charge is 0.386 e. The normalized spacial score (nSPS) is 14.7. The van der Waals surface area contributed by atoms with Crippen LogP contribution < -0.4 is 0 Å². The molecule has 0 aliphatic rings. The molecule has 0 saturated heterocycles. The Morgan fingerprint density at radius 3 is 2.58 bits per heavy atom. The molecule has 5 rings (SSSR count). The third-order valence-corrected chi connectivity index (χ3v) is 6.48. The summed E-state index contributed by atoms with van der Waals surface area (Å²) < 4.78 is 56.4. The number of aromatic nitrogens is 6. The van der Waals surface area contributed by atoms with Crippen LogP contribution in [0.4, 0.5) is 8.78 Å². The summed E-state index contributed by atoms with van der Waals surface area (Å²) in [5.74, 6) is -1.12. The van der Waals surface area contributed by atoms with Crippen LogP contribution in [-0.2, 0) is 12.6 Å². The van der Waals surface area contributed by atoms with Crippen molar-refractivity contribution in [1.29, 1.82) is 0 Å². The summed E-state index contributed by atoms with van der Waals surface area (Å²) in [4.78, 5) is 8.96. The quantitative estimate of drug-likeness (QED) is 0.334. The number of aryl methyl sites for hydroxylation is 2. The van der Waals surface area contributed by atoms with Gasteiger partial charge in [0.05, 0.1) is 51.5 Å². The summed E-state index contributed by atoms with van der Waals surface area (Å²) in [5.41, 5.74) is 1.43. The van der Waals surface area contributed by atoms with E-state index in [1.165, 1.54) is 23.9 Å². The third kappa shape index (κ3) is 3.93. The minimum Gasteiger partial charge on any atom is -0.386 e. The Labute approximate surface area is 211 Å². The first-order valence-electron chi connectivity index (χ1n) is 13.2. The lowest BCUT2D eigenvalue weighted by Crippen LogP contribution is -2.17. The molecule has 1 N–H and O–H groups in total. The fraction of sp³-hybridized carbons (Fsp3) is 0.333. The lowest BCUT2D eigenvalue weighted by Gasteiger charge is -2.22. The molecule has 1 aromatic carbocycles. The van der Waals surface area contributed by atoms with Crippen molar-refractivity contribution in [2.45, 2.75) is 52.1 Å². The minimum atomic E-state index is -2.61. The number of pyridine rings is 2. The highest BCUT2D eigenvalue weighted by molar-refractivity contribution is 6.07. The second kappa shape index (κ2) is 8.74. The van der Waals surface area contributed by atoms with Gasteiger partial charge < -0.3 is 9.67 Å². The van der Waals surface area contributed by atoms with Gasteiger partial charge in [0.1, 0.15) is 11.6 Å². The number of hydrogen-bond acceptors (Lipinski definition) is 5. The van der Waals surface area contributed by atoms with Gasteiger partial charge in [-0.1, -0.05) is 18.6 Å².